The van der Waals surface area contributed by atoms with Crippen LogP contribution in [0.15, 0.2) is 34.8 Å². The Labute approximate surface area is 177 Å². The van der Waals surface area contributed by atoms with Crippen LogP contribution in [-0.4, -0.2) is 63.6 Å². The minimum absolute atomic E-state index is 0.0198. The van der Waals surface area contributed by atoms with E-state index in [0.717, 1.165) is 0 Å². The van der Waals surface area contributed by atoms with E-state index >= 15 is 0 Å². The summed E-state index contributed by atoms with van der Waals surface area (Å²) in [5.74, 6) is -6.66. The Morgan fingerprint density at radius 1 is 1.19 bits per heavy atom. The first kappa shape index (κ1) is 20.9. The van der Waals surface area contributed by atoms with Gasteiger partial charge in [-0.1, -0.05) is 0 Å². The normalized spacial score (nSPS) is 30.0. The van der Waals surface area contributed by atoms with Crippen molar-refractivity contribution in [1.82, 2.24) is 5.32 Å². The molecule has 1 aromatic rings. The number of amides is 1. The number of rotatable bonds is 3. The van der Waals surface area contributed by atoms with E-state index in [9.17, 15) is 34.8 Å². The molecule has 0 aromatic heterocycles. The number of hydrogen-bond donors (Lipinski definition) is 7. The summed E-state index contributed by atoms with van der Waals surface area (Å²) in [5.41, 5.74) is 2.77. The number of aromatic hydroxyl groups is 1. The van der Waals surface area contributed by atoms with Gasteiger partial charge >= 0.3 is 0 Å². The molecule has 4 atom stereocenters. The molecule has 0 aliphatic heterocycles. The van der Waals surface area contributed by atoms with Crippen molar-refractivity contribution in [3.8, 4) is 5.75 Å². The minimum atomic E-state index is -2.63. The average molecular weight is 429 g/mol. The fourth-order valence-electron chi connectivity index (χ4n) is 5.25. The molecule has 0 bridgehead atoms. The molecule has 0 saturated heterocycles. The number of aliphatic hydroxyl groups excluding tert-OH is 2. The van der Waals surface area contributed by atoms with Crippen LogP contribution in [0.3, 0.4) is 0 Å². The van der Waals surface area contributed by atoms with Crippen molar-refractivity contribution >= 4 is 23.2 Å². The van der Waals surface area contributed by atoms with Gasteiger partial charge in [-0.25, -0.2) is 0 Å². The second kappa shape index (κ2) is 6.82. The van der Waals surface area contributed by atoms with Crippen LogP contribution in [0.25, 0.3) is 0 Å². The van der Waals surface area contributed by atoms with Crippen LogP contribution < -0.4 is 16.4 Å². The molecule has 1 aromatic carbocycles. The maximum Gasteiger partial charge on any atom is 0.255 e. The van der Waals surface area contributed by atoms with Crippen molar-refractivity contribution in [3.05, 3.63) is 45.9 Å². The Hall–Kier alpha value is -3.37. The first-order valence-electron chi connectivity index (χ1n) is 9.77. The molecular formula is C21H23N3O7. The smallest absolute Gasteiger partial charge is 0.255 e. The van der Waals surface area contributed by atoms with E-state index in [2.05, 4.69) is 10.6 Å². The van der Waals surface area contributed by atoms with Crippen molar-refractivity contribution in [2.75, 3.05) is 19.4 Å². The number of aliphatic hydroxyl groups is 3. The molecule has 4 rings (SSSR count). The van der Waals surface area contributed by atoms with Crippen LogP contribution in [0.4, 0.5) is 5.69 Å². The molecule has 0 radical (unpaired) electrons. The van der Waals surface area contributed by atoms with Gasteiger partial charge in [0.05, 0.1) is 11.6 Å². The van der Waals surface area contributed by atoms with E-state index in [1.54, 1.807) is 13.1 Å². The van der Waals surface area contributed by atoms with Gasteiger partial charge in [0.15, 0.2) is 11.4 Å². The number of allylic oxidation sites excluding steroid dienone is 1. The van der Waals surface area contributed by atoms with Gasteiger partial charge in [0, 0.05) is 24.2 Å². The third kappa shape index (κ3) is 2.55. The first-order valence-corrected chi connectivity index (χ1v) is 9.77. The predicted octanol–water partition coefficient (Wildman–Crippen LogP) is -0.180. The minimum Gasteiger partial charge on any atom is -0.510 e. The number of benzene rings is 1. The summed E-state index contributed by atoms with van der Waals surface area (Å²) >= 11 is 0. The number of carbonyl (C=O) groups excluding carboxylic acids is 3. The predicted molar refractivity (Wildman–Crippen MR) is 109 cm³/mol. The van der Waals surface area contributed by atoms with Crippen LogP contribution in [0.5, 0.6) is 5.75 Å². The molecular weight excluding hydrogens is 406 g/mol. The summed E-state index contributed by atoms with van der Waals surface area (Å²) in [6.45, 7) is 0. The van der Waals surface area contributed by atoms with Crippen LogP contribution in [-0.2, 0) is 16.0 Å². The van der Waals surface area contributed by atoms with Gasteiger partial charge < -0.3 is 36.8 Å². The van der Waals surface area contributed by atoms with Gasteiger partial charge in [-0.3, -0.25) is 14.4 Å². The highest BCUT2D eigenvalue weighted by Crippen LogP contribution is 2.52. The number of anilines is 1. The van der Waals surface area contributed by atoms with Crippen LogP contribution >= 0.6 is 0 Å². The van der Waals surface area contributed by atoms with Crippen molar-refractivity contribution in [1.29, 1.82) is 0 Å². The maximum atomic E-state index is 13.3. The molecule has 0 fully saturated rings. The number of carbonyl (C=O) groups is 3. The summed E-state index contributed by atoms with van der Waals surface area (Å²) in [6.07, 6.45) is 0.294. The summed E-state index contributed by atoms with van der Waals surface area (Å²) in [6, 6.07) is 1.91. The fourth-order valence-corrected chi connectivity index (χ4v) is 5.25. The molecule has 3 aliphatic carbocycles. The highest BCUT2D eigenvalue weighted by molar-refractivity contribution is 6.24. The maximum absolute atomic E-state index is 13.3. The Morgan fingerprint density at radius 3 is 2.45 bits per heavy atom. The SMILES string of the molecule is CNc1ccc(O)c2c1C[C@H]1C[C@H]3[C@H](NC)C(O)=C(C(N)=O)C(=O)[C@@]3(O)C(O)=C1C2=O. The zero-order valence-corrected chi connectivity index (χ0v) is 16.9. The highest BCUT2D eigenvalue weighted by atomic mass is 16.3. The number of likely N-dealkylation sites (N-methyl/N-ethyl adjacent to an activating group) is 1. The third-order valence-electron chi connectivity index (χ3n) is 6.67. The van der Waals surface area contributed by atoms with E-state index in [4.69, 9.17) is 5.73 Å². The van der Waals surface area contributed by atoms with Crippen LogP contribution in [0.2, 0.25) is 0 Å². The Morgan fingerprint density at radius 2 is 1.87 bits per heavy atom. The molecule has 0 spiro atoms. The van der Waals surface area contributed by atoms with Gasteiger partial charge in [0.2, 0.25) is 5.78 Å². The molecule has 1 amide bonds. The standard InChI is InChI=1S/C21H23N3O7/c1-23-10-3-4-11(25)13-8(10)5-7-6-9-15(24-2)17(27)14(20(22)30)19(29)21(9,31)18(28)12(7)16(13)26/h3-4,7,9,15,23-25,27-28,31H,5-6H2,1-2H3,(H2,22,30)/t7-,9-,15-,21-/m0/s1. The number of nitrogens with one attached hydrogen (secondary N) is 2. The van der Waals surface area contributed by atoms with Gasteiger partial charge in [0.1, 0.15) is 22.8 Å². The molecule has 8 N–H and O–H groups in total. The molecule has 3 aliphatic rings. The number of Topliss-reactive ketones (excluding diaryl/α,β-unsaturated/α-hetero) is 2. The number of ketones is 2. The summed E-state index contributed by atoms with van der Waals surface area (Å²) in [7, 11) is 3.13. The van der Waals surface area contributed by atoms with Gasteiger partial charge in [0.25, 0.3) is 5.91 Å². The summed E-state index contributed by atoms with van der Waals surface area (Å²) in [4.78, 5) is 38.2. The Kier molecular flexibility index (Phi) is 4.60. The quantitative estimate of drug-likeness (QED) is 0.253. The number of fused-ring (bicyclic) bond motifs is 3. The van der Waals surface area contributed by atoms with Crippen LogP contribution in [0, 0.1) is 11.8 Å². The lowest BCUT2D eigenvalue weighted by Crippen LogP contribution is -2.63. The number of phenols is 1. The number of phenolic OH excluding ortho intramolecular Hbond substituents is 1. The molecule has 0 saturated carbocycles. The zero-order valence-electron chi connectivity index (χ0n) is 16.9. The average Bonchev–Trinajstić information content (AvgIpc) is 2.71. The van der Waals surface area contributed by atoms with E-state index in [1.165, 1.54) is 13.1 Å². The van der Waals surface area contributed by atoms with Crippen molar-refractivity contribution in [2.24, 2.45) is 17.6 Å². The second-order valence-corrected chi connectivity index (χ2v) is 8.06. The topological polar surface area (TPSA) is 182 Å². The molecule has 31 heavy (non-hydrogen) atoms. The van der Waals surface area contributed by atoms with E-state index in [-0.39, 0.29) is 29.7 Å². The van der Waals surface area contributed by atoms with Gasteiger partial charge in [-0.2, -0.15) is 0 Å². The van der Waals surface area contributed by atoms with E-state index < -0.39 is 58.0 Å². The highest BCUT2D eigenvalue weighted by Gasteiger charge is 2.62. The molecule has 0 heterocycles. The monoisotopic (exact) mass is 429 g/mol. The lowest BCUT2D eigenvalue weighted by molar-refractivity contribution is -0.146. The van der Waals surface area contributed by atoms with Crippen molar-refractivity contribution in [2.45, 2.75) is 24.5 Å². The third-order valence-corrected chi connectivity index (χ3v) is 6.67. The largest absolute Gasteiger partial charge is 0.510 e. The molecule has 0 unspecified atom stereocenters. The molecule has 164 valence electrons. The first-order chi connectivity index (χ1) is 14.6. The Balaban J connectivity index is 1.96. The Bertz CT molecular complexity index is 1110. The zero-order chi connectivity index (χ0) is 22.8. The van der Waals surface area contributed by atoms with E-state index in [1.807, 2.05) is 0 Å². The molecule has 10 heteroatoms. The number of hydrogen-bond acceptors (Lipinski definition) is 9. The number of nitrogens with two attached hydrogens (primary N) is 1. The van der Waals surface area contributed by atoms with Crippen LogP contribution in [0.1, 0.15) is 22.3 Å². The van der Waals surface area contributed by atoms with E-state index in [0.29, 0.717) is 11.3 Å². The summed E-state index contributed by atoms with van der Waals surface area (Å²) in [5, 5.41) is 49.0. The van der Waals surface area contributed by atoms with Crippen molar-refractivity contribution < 1.29 is 34.8 Å². The van der Waals surface area contributed by atoms with Gasteiger partial charge in [-0.15, -0.1) is 0 Å². The molecule has 10 nitrogen and oxygen atoms in total. The number of primary amides is 1. The lowest BCUT2D eigenvalue weighted by Gasteiger charge is -2.48. The van der Waals surface area contributed by atoms with Gasteiger partial charge in [-0.05, 0) is 43.5 Å². The summed E-state index contributed by atoms with van der Waals surface area (Å²) < 4.78 is 0. The fraction of sp³-hybridized carbons (Fsp3) is 0.381. The second-order valence-electron chi connectivity index (χ2n) is 8.06. The lowest BCUT2D eigenvalue weighted by atomic mass is 9.58. The van der Waals surface area contributed by atoms with Crippen molar-refractivity contribution in [3.63, 3.8) is 0 Å².